The monoisotopic (exact) mass is 371 g/mol. The predicted octanol–water partition coefficient (Wildman–Crippen LogP) is 2.65. The van der Waals surface area contributed by atoms with E-state index in [1.807, 2.05) is 12.1 Å². The Morgan fingerprint density at radius 3 is 2.81 bits per heavy atom. The lowest BCUT2D eigenvalue weighted by atomic mass is 9.96. The minimum absolute atomic E-state index is 0.383. The van der Waals surface area contributed by atoms with E-state index in [1.165, 1.54) is 23.4 Å². The summed E-state index contributed by atoms with van der Waals surface area (Å²) in [6.45, 7) is 2.24. The summed E-state index contributed by atoms with van der Waals surface area (Å²) < 4.78 is 0. The second kappa shape index (κ2) is 7.42. The number of piperidine rings is 1. The molecule has 3 N–H and O–H groups in total. The van der Waals surface area contributed by atoms with Gasteiger partial charge in [-0.15, -0.1) is 0 Å². The number of anilines is 3. The first-order valence-electron chi connectivity index (χ1n) is 9.43. The Bertz CT molecular complexity index is 797. The van der Waals surface area contributed by atoms with E-state index in [2.05, 4.69) is 30.4 Å². The van der Waals surface area contributed by atoms with Gasteiger partial charge < -0.3 is 20.2 Å². The molecule has 1 amide bonds. The first-order chi connectivity index (χ1) is 13.1. The molecule has 9 heteroatoms. The van der Waals surface area contributed by atoms with Crippen molar-refractivity contribution in [2.24, 2.45) is 5.92 Å². The number of aromatic nitrogens is 4. The summed E-state index contributed by atoms with van der Waals surface area (Å²) in [5.41, 5.74) is 1.18. The standard InChI is InChI=1S/C18H25N7O2/c1-24(18(26)27)11-12-5-8-25(9-6-12)17-19-7-4-15(21-17)20-16-10-14(22-23-16)13-2-3-13/h4,7,10,12-13H,2-3,5-6,8-9,11H2,1H3,(H,26,27)(H2,19,20,21,22,23). The van der Waals surface area contributed by atoms with E-state index in [0.29, 0.717) is 24.3 Å². The molecule has 9 nitrogen and oxygen atoms in total. The van der Waals surface area contributed by atoms with Crippen LogP contribution in [-0.2, 0) is 0 Å². The van der Waals surface area contributed by atoms with E-state index in [0.717, 1.165) is 37.6 Å². The van der Waals surface area contributed by atoms with E-state index < -0.39 is 6.09 Å². The Labute approximate surface area is 157 Å². The van der Waals surface area contributed by atoms with Crippen LogP contribution in [0.3, 0.4) is 0 Å². The first kappa shape index (κ1) is 17.6. The highest BCUT2D eigenvalue weighted by molar-refractivity contribution is 5.64. The number of aromatic amines is 1. The predicted molar refractivity (Wildman–Crippen MR) is 101 cm³/mol. The average molecular weight is 371 g/mol. The fourth-order valence-corrected chi connectivity index (χ4v) is 3.49. The van der Waals surface area contributed by atoms with Crippen molar-refractivity contribution in [3.8, 4) is 0 Å². The zero-order chi connectivity index (χ0) is 18.8. The summed E-state index contributed by atoms with van der Waals surface area (Å²) in [7, 11) is 1.62. The van der Waals surface area contributed by atoms with Crippen LogP contribution in [0.1, 0.15) is 37.3 Å². The highest BCUT2D eigenvalue weighted by atomic mass is 16.4. The average Bonchev–Trinajstić information content (AvgIpc) is 3.42. The molecule has 0 spiro atoms. The number of amides is 1. The Kier molecular flexibility index (Phi) is 4.83. The largest absolute Gasteiger partial charge is 0.465 e. The van der Waals surface area contributed by atoms with Gasteiger partial charge in [0, 0.05) is 50.6 Å². The summed E-state index contributed by atoms with van der Waals surface area (Å²) in [5, 5.41) is 19.6. The van der Waals surface area contributed by atoms with Crippen LogP contribution in [0.4, 0.5) is 22.4 Å². The molecule has 0 unspecified atom stereocenters. The van der Waals surface area contributed by atoms with Crippen molar-refractivity contribution in [3.05, 3.63) is 24.0 Å². The second-order valence-corrected chi connectivity index (χ2v) is 7.44. The molecule has 144 valence electrons. The van der Waals surface area contributed by atoms with Gasteiger partial charge in [-0.1, -0.05) is 0 Å². The number of nitrogens with one attached hydrogen (secondary N) is 2. The lowest BCUT2D eigenvalue weighted by Gasteiger charge is -2.33. The van der Waals surface area contributed by atoms with Crippen molar-refractivity contribution in [3.63, 3.8) is 0 Å². The van der Waals surface area contributed by atoms with Crippen LogP contribution in [0, 0.1) is 5.92 Å². The minimum Gasteiger partial charge on any atom is -0.465 e. The first-order valence-corrected chi connectivity index (χ1v) is 9.43. The van der Waals surface area contributed by atoms with Crippen LogP contribution in [0.25, 0.3) is 0 Å². The molecule has 2 aromatic rings. The van der Waals surface area contributed by atoms with Crippen LogP contribution in [0.5, 0.6) is 0 Å². The summed E-state index contributed by atoms with van der Waals surface area (Å²) in [6, 6.07) is 3.88. The van der Waals surface area contributed by atoms with Crippen LogP contribution >= 0.6 is 0 Å². The maximum absolute atomic E-state index is 11.0. The highest BCUT2D eigenvalue weighted by Gasteiger charge is 2.26. The van der Waals surface area contributed by atoms with Gasteiger partial charge >= 0.3 is 6.09 Å². The molecular weight excluding hydrogens is 346 g/mol. The number of rotatable bonds is 6. The van der Waals surface area contributed by atoms with E-state index >= 15 is 0 Å². The van der Waals surface area contributed by atoms with Gasteiger partial charge in [0.1, 0.15) is 5.82 Å². The lowest BCUT2D eigenvalue weighted by molar-refractivity contribution is 0.145. The minimum atomic E-state index is -0.872. The molecule has 27 heavy (non-hydrogen) atoms. The van der Waals surface area contributed by atoms with E-state index in [-0.39, 0.29) is 0 Å². The van der Waals surface area contributed by atoms with Gasteiger partial charge in [-0.05, 0) is 37.7 Å². The van der Waals surface area contributed by atoms with Crippen LogP contribution < -0.4 is 10.2 Å². The molecule has 2 aliphatic rings. The third-order valence-corrected chi connectivity index (χ3v) is 5.27. The highest BCUT2D eigenvalue weighted by Crippen LogP contribution is 2.39. The molecular formula is C18H25N7O2. The summed E-state index contributed by atoms with van der Waals surface area (Å²) in [6.07, 6.45) is 5.21. The maximum atomic E-state index is 11.0. The molecule has 1 aliphatic carbocycles. The SMILES string of the molecule is CN(CC1CCN(c2nccc(Nc3cc(C4CC4)[nH]n3)n2)CC1)C(=O)O. The molecule has 1 saturated heterocycles. The number of carbonyl (C=O) groups is 1. The lowest BCUT2D eigenvalue weighted by Crippen LogP contribution is -2.39. The molecule has 0 atom stereocenters. The zero-order valence-corrected chi connectivity index (χ0v) is 15.4. The number of nitrogens with zero attached hydrogens (tertiary/aromatic N) is 5. The fourth-order valence-electron chi connectivity index (χ4n) is 3.49. The van der Waals surface area contributed by atoms with E-state index in [4.69, 9.17) is 5.11 Å². The quantitative estimate of drug-likeness (QED) is 0.716. The van der Waals surface area contributed by atoms with Crippen molar-refractivity contribution < 1.29 is 9.90 Å². The summed E-state index contributed by atoms with van der Waals surface area (Å²) in [5.74, 6) is 3.21. The van der Waals surface area contributed by atoms with Crippen molar-refractivity contribution in [2.45, 2.75) is 31.6 Å². The number of hydrogen-bond donors (Lipinski definition) is 3. The molecule has 2 aromatic heterocycles. The molecule has 1 saturated carbocycles. The van der Waals surface area contributed by atoms with E-state index in [9.17, 15) is 4.79 Å². The van der Waals surface area contributed by atoms with Crippen LogP contribution in [0.15, 0.2) is 18.3 Å². The van der Waals surface area contributed by atoms with Gasteiger partial charge in [0.15, 0.2) is 5.82 Å². The Morgan fingerprint density at radius 2 is 2.11 bits per heavy atom. The van der Waals surface area contributed by atoms with Crippen molar-refractivity contribution in [1.82, 2.24) is 25.1 Å². The summed E-state index contributed by atoms with van der Waals surface area (Å²) in [4.78, 5) is 23.5. The third-order valence-electron chi connectivity index (χ3n) is 5.27. The molecule has 3 heterocycles. The summed E-state index contributed by atoms with van der Waals surface area (Å²) >= 11 is 0. The van der Waals surface area contributed by atoms with Gasteiger partial charge in [-0.25, -0.2) is 9.78 Å². The number of H-pyrrole nitrogens is 1. The zero-order valence-electron chi connectivity index (χ0n) is 15.4. The molecule has 0 radical (unpaired) electrons. The number of hydrogen-bond acceptors (Lipinski definition) is 6. The van der Waals surface area contributed by atoms with Gasteiger partial charge in [0.25, 0.3) is 0 Å². The molecule has 1 aliphatic heterocycles. The van der Waals surface area contributed by atoms with Gasteiger partial charge in [0.05, 0.1) is 0 Å². The molecule has 0 bridgehead atoms. The Hall–Kier alpha value is -2.84. The number of carboxylic acid groups (broad SMARTS) is 1. The Morgan fingerprint density at radius 1 is 1.33 bits per heavy atom. The molecule has 2 fully saturated rings. The molecule has 0 aromatic carbocycles. The van der Waals surface area contributed by atoms with Crippen molar-refractivity contribution in [1.29, 1.82) is 0 Å². The normalized spacial score (nSPS) is 17.7. The topological polar surface area (TPSA) is 110 Å². The third kappa shape index (κ3) is 4.29. The molecule has 4 rings (SSSR count). The second-order valence-electron chi connectivity index (χ2n) is 7.44. The van der Waals surface area contributed by atoms with Crippen molar-refractivity contribution in [2.75, 3.05) is 36.9 Å². The van der Waals surface area contributed by atoms with E-state index in [1.54, 1.807) is 13.2 Å². The maximum Gasteiger partial charge on any atom is 0.407 e. The fraction of sp³-hybridized carbons (Fsp3) is 0.556. The van der Waals surface area contributed by atoms with Gasteiger partial charge in [-0.3, -0.25) is 5.10 Å². The van der Waals surface area contributed by atoms with Crippen molar-refractivity contribution >= 4 is 23.7 Å². The van der Waals surface area contributed by atoms with Crippen LogP contribution in [-0.4, -0.2) is 62.9 Å². The van der Waals surface area contributed by atoms with Crippen LogP contribution in [0.2, 0.25) is 0 Å². The van der Waals surface area contributed by atoms with Gasteiger partial charge in [-0.2, -0.15) is 10.1 Å². The smallest absolute Gasteiger partial charge is 0.407 e. The van der Waals surface area contributed by atoms with Gasteiger partial charge in [0.2, 0.25) is 5.95 Å². The Balaban J connectivity index is 1.34.